The summed E-state index contributed by atoms with van der Waals surface area (Å²) in [6, 6.07) is 0.389. The van der Waals surface area contributed by atoms with Gasteiger partial charge in [-0.1, -0.05) is 34.1 Å². The molecule has 1 saturated heterocycles. The average molecular weight is 226 g/mol. The normalized spacial score (nSPS) is 27.9. The van der Waals surface area contributed by atoms with E-state index in [9.17, 15) is 4.79 Å². The van der Waals surface area contributed by atoms with Gasteiger partial charge in [0.15, 0.2) is 0 Å². The first-order chi connectivity index (χ1) is 7.52. The summed E-state index contributed by atoms with van der Waals surface area (Å²) >= 11 is 0. The van der Waals surface area contributed by atoms with Gasteiger partial charge >= 0.3 is 0 Å². The predicted molar refractivity (Wildman–Crippen MR) is 67.1 cm³/mol. The molecule has 0 aromatic carbocycles. The number of nitrogens with one attached hydrogen (secondary N) is 1. The highest BCUT2D eigenvalue weighted by molar-refractivity contribution is 5.84. The molecule has 3 nitrogen and oxygen atoms in total. The van der Waals surface area contributed by atoms with Gasteiger partial charge in [0, 0.05) is 6.04 Å². The molecule has 0 aliphatic carbocycles. The molecule has 3 unspecified atom stereocenters. The Morgan fingerprint density at radius 3 is 2.38 bits per heavy atom. The molecule has 0 aromatic rings. The molecule has 3 heteroatoms. The number of hydrogen-bond acceptors (Lipinski definition) is 2. The Morgan fingerprint density at radius 2 is 1.94 bits per heavy atom. The highest BCUT2D eigenvalue weighted by Crippen LogP contribution is 2.23. The van der Waals surface area contributed by atoms with Gasteiger partial charge in [-0.25, -0.2) is 0 Å². The van der Waals surface area contributed by atoms with Gasteiger partial charge in [0.25, 0.3) is 0 Å². The summed E-state index contributed by atoms with van der Waals surface area (Å²) in [5.74, 6) is 0.773. The number of amides is 1. The lowest BCUT2D eigenvalue weighted by molar-refractivity contribution is -0.132. The van der Waals surface area contributed by atoms with Crippen LogP contribution in [-0.2, 0) is 4.79 Å². The van der Waals surface area contributed by atoms with Crippen molar-refractivity contribution >= 4 is 5.91 Å². The molecule has 0 spiro atoms. The lowest BCUT2D eigenvalue weighted by atomic mass is 10.1. The Labute approximate surface area is 99.6 Å². The van der Waals surface area contributed by atoms with Crippen LogP contribution in [0.4, 0.5) is 0 Å². The number of nitrogens with zero attached hydrogens (tertiary/aromatic N) is 1. The molecule has 94 valence electrons. The third-order valence-electron chi connectivity index (χ3n) is 3.50. The van der Waals surface area contributed by atoms with Crippen molar-refractivity contribution in [1.29, 1.82) is 0 Å². The Morgan fingerprint density at radius 1 is 1.31 bits per heavy atom. The van der Waals surface area contributed by atoms with Gasteiger partial charge in [-0.3, -0.25) is 10.1 Å². The van der Waals surface area contributed by atoms with Crippen LogP contribution < -0.4 is 5.32 Å². The van der Waals surface area contributed by atoms with Crippen molar-refractivity contribution in [1.82, 2.24) is 10.2 Å². The third-order valence-corrected chi connectivity index (χ3v) is 3.50. The van der Waals surface area contributed by atoms with Crippen LogP contribution in [0.3, 0.4) is 0 Å². The van der Waals surface area contributed by atoms with E-state index in [1.54, 1.807) is 0 Å². The van der Waals surface area contributed by atoms with Crippen LogP contribution >= 0.6 is 0 Å². The molecule has 16 heavy (non-hydrogen) atoms. The number of rotatable bonds is 5. The third kappa shape index (κ3) is 2.57. The lowest BCUT2D eigenvalue weighted by Crippen LogP contribution is -2.46. The summed E-state index contributed by atoms with van der Waals surface area (Å²) in [5.41, 5.74) is 0. The fourth-order valence-corrected chi connectivity index (χ4v) is 2.37. The van der Waals surface area contributed by atoms with Crippen LogP contribution in [0.1, 0.15) is 53.9 Å². The SMILES string of the molecule is CCCC1NC(C(C)C)N(C(C)CC)C1=O. The molecular weight excluding hydrogens is 200 g/mol. The molecule has 3 atom stereocenters. The zero-order valence-electron chi connectivity index (χ0n) is 11.3. The van der Waals surface area contributed by atoms with E-state index in [4.69, 9.17) is 0 Å². The standard InChI is InChI=1S/C13H26N2O/c1-6-8-11-13(16)15(10(5)7-2)12(14-11)9(3)4/h9-12,14H,6-8H2,1-5H3. The van der Waals surface area contributed by atoms with Gasteiger partial charge in [0.05, 0.1) is 12.2 Å². The second-order valence-electron chi connectivity index (χ2n) is 5.20. The summed E-state index contributed by atoms with van der Waals surface area (Å²) in [5, 5.41) is 3.48. The maximum Gasteiger partial charge on any atom is 0.241 e. The summed E-state index contributed by atoms with van der Waals surface area (Å²) in [7, 11) is 0. The van der Waals surface area contributed by atoms with Gasteiger partial charge in [0.1, 0.15) is 0 Å². The largest absolute Gasteiger partial charge is 0.323 e. The maximum atomic E-state index is 12.3. The maximum absolute atomic E-state index is 12.3. The molecule has 1 rings (SSSR count). The fourth-order valence-electron chi connectivity index (χ4n) is 2.37. The van der Waals surface area contributed by atoms with Gasteiger partial charge in [-0.15, -0.1) is 0 Å². The molecule has 1 aliphatic rings. The van der Waals surface area contributed by atoms with Crippen LogP contribution in [0.25, 0.3) is 0 Å². The Kier molecular flexibility index (Phi) is 4.78. The van der Waals surface area contributed by atoms with Crippen LogP contribution in [0.5, 0.6) is 0 Å². The van der Waals surface area contributed by atoms with Crippen molar-refractivity contribution in [3.05, 3.63) is 0 Å². The number of hydrogen-bond donors (Lipinski definition) is 1. The minimum Gasteiger partial charge on any atom is -0.323 e. The van der Waals surface area contributed by atoms with E-state index in [-0.39, 0.29) is 12.2 Å². The van der Waals surface area contributed by atoms with E-state index in [1.807, 2.05) is 0 Å². The molecular formula is C13H26N2O. The Bertz CT molecular complexity index is 240. The van der Waals surface area contributed by atoms with E-state index < -0.39 is 0 Å². The van der Waals surface area contributed by atoms with Gasteiger partial charge in [-0.05, 0) is 25.7 Å². The Balaban J connectivity index is 2.80. The molecule has 1 N–H and O–H groups in total. The van der Waals surface area contributed by atoms with E-state index in [0.717, 1.165) is 19.3 Å². The molecule has 1 amide bonds. The smallest absolute Gasteiger partial charge is 0.241 e. The summed E-state index contributed by atoms with van der Waals surface area (Å²) in [6.45, 7) is 10.8. The average Bonchev–Trinajstić information content (AvgIpc) is 2.56. The first-order valence-electron chi connectivity index (χ1n) is 6.61. The molecule has 0 radical (unpaired) electrons. The summed E-state index contributed by atoms with van der Waals surface area (Å²) < 4.78 is 0. The van der Waals surface area contributed by atoms with E-state index >= 15 is 0 Å². The van der Waals surface area contributed by atoms with Crippen LogP contribution in [0.2, 0.25) is 0 Å². The quantitative estimate of drug-likeness (QED) is 0.780. The van der Waals surface area contributed by atoms with Crippen molar-refractivity contribution in [3.8, 4) is 0 Å². The molecule has 0 saturated carbocycles. The molecule has 0 aromatic heterocycles. The molecule has 1 fully saturated rings. The highest BCUT2D eigenvalue weighted by Gasteiger charge is 2.41. The van der Waals surface area contributed by atoms with Crippen molar-refractivity contribution in [2.75, 3.05) is 0 Å². The monoisotopic (exact) mass is 226 g/mol. The zero-order valence-corrected chi connectivity index (χ0v) is 11.3. The second-order valence-corrected chi connectivity index (χ2v) is 5.20. The minimum absolute atomic E-state index is 0.0476. The fraction of sp³-hybridized carbons (Fsp3) is 0.923. The second kappa shape index (κ2) is 5.67. The van der Waals surface area contributed by atoms with Crippen LogP contribution in [-0.4, -0.2) is 29.1 Å². The minimum atomic E-state index is 0.0476. The number of carbonyl (C=O) groups excluding carboxylic acids is 1. The van der Waals surface area contributed by atoms with Crippen molar-refractivity contribution < 1.29 is 4.79 Å². The van der Waals surface area contributed by atoms with Gasteiger partial charge in [-0.2, -0.15) is 0 Å². The molecule has 0 bridgehead atoms. The van der Waals surface area contributed by atoms with Crippen molar-refractivity contribution in [2.24, 2.45) is 5.92 Å². The summed E-state index contributed by atoms with van der Waals surface area (Å²) in [4.78, 5) is 14.3. The van der Waals surface area contributed by atoms with Crippen molar-refractivity contribution in [3.63, 3.8) is 0 Å². The van der Waals surface area contributed by atoms with E-state index in [0.29, 0.717) is 17.9 Å². The first kappa shape index (κ1) is 13.5. The lowest BCUT2D eigenvalue weighted by Gasteiger charge is -2.32. The van der Waals surface area contributed by atoms with Crippen molar-refractivity contribution in [2.45, 2.75) is 72.1 Å². The van der Waals surface area contributed by atoms with Crippen LogP contribution in [0.15, 0.2) is 0 Å². The zero-order chi connectivity index (χ0) is 12.3. The van der Waals surface area contributed by atoms with Gasteiger partial charge < -0.3 is 4.90 Å². The van der Waals surface area contributed by atoms with E-state index in [2.05, 4.69) is 44.8 Å². The predicted octanol–water partition coefficient (Wildman–Crippen LogP) is 2.37. The topological polar surface area (TPSA) is 32.3 Å². The van der Waals surface area contributed by atoms with Crippen LogP contribution in [0, 0.1) is 5.92 Å². The Hall–Kier alpha value is -0.570. The summed E-state index contributed by atoms with van der Waals surface area (Å²) in [6.07, 6.45) is 3.26. The molecule has 1 heterocycles. The van der Waals surface area contributed by atoms with E-state index in [1.165, 1.54) is 0 Å². The highest BCUT2D eigenvalue weighted by atomic mass is 16.2. The van der Waals surface area contributed by atoms with Gasteiger partial charge in [0.2, 0.25) is 5.91 Å². The molecule has 1 aliphatic heterocycles. The first-order valence-corrected chi connectivity index (χ1v) is 6.61. The number of carbonyl (C=O) groups is 1.